The van der Waals surface area contributed by atoms with Crippen molar-refractivity contribution in [3.63, 3.8) is 0 Å². The maximum Gasteiger partial charge on any atom is 0.394 e. The molecule has 1 aliphatic rings. The Labute approximate surface area is 238 Å². The number of nitrogens with zero attached hydrogens (tertiary/aromatic N) is 1. The van der Waals surface area contributed by atoms with Crippen molar-refractivity contribution in [2.45, 2.75) is 70.4 Å². The van der Waals surface area contributed by atoms with E-state index in [1.165, 1.54) is 57.3 Å². The molecular formula is C35H35F3NS+. The van der Waals surface area contributed by atoms with Gasteiger partial charge in [-0.15, -0.1) is 0 Å². The monoisotopic (exact) mass is 558 g/mol. The summed E-state index contributed by atoms with van der Waals surface area (Å²) in [5.41, 5.74) is 4.08. The van der Waals surface area contributed by atoms with E-state index in [9.17, 15) is 13.2 Å². The highest BCUT2D eigenvalue weighted by Crippen LogP contribution is 2.54. The number of aromatic nitrogens is 1. The van der Waals surface area contributed by atoms with Crippen LogP contribution < -0.4 is 4.57 Å². The number of pyridine rings is 1. The molecule has 0 spiro atoms. The van der Waals surface area contributed by atoms with E-state index in [1.807, 2.05) is 12.1 Å². The molecule has 4 aromatic carbocycles. The minimum Gasteiger partial charge on any atom is -0.200 e. The van der Waals surface area contributed by atoms with Crippen LogP contribution in [0.25, 0.3) is 43.6 Å². The van der Waals surface area contributed by atoms with Crippen LogP contribution in [-0.2, 0) is 19.9 Å². The number of benzene rings is 4. The van der Waals surface area contributed by atoms with E-state index < -0.39 is 11.6 Å². The molecule has 1 aliphatic heterocycles. The molecule has 0 N–H and O–H groups in total. The van der Waals surface area contributed by atoms with Crippen LogP contribution in [0.15, 0.2) is 70.6 Å². The third-order valence-electron chi connectivity index (χ3n) is 8.42. The van der Waals surface area contributed by atoms with Gasteiger partial charge in [-0.1, -0.05) is 88.8 Å². The summed E-state index contributed by atoms with van der Waals surface area (Å²) >= 11 is 1.79. The molecule has 2 heterocycles. The summed E-state index contributed by atoms with van der Waals surface area (Å²) < 4.78 is 44.0. The van der Waals surface area contributed by atoms with Crippen LogP contribution >= 0.6 is 11.8 Å². The maximum atomic E-state index is 13.9. The summed E-state index contributed by atoms with van der Waals surface area (Å²) in [4.78, 5) is 2.39. The highest BCUT2D eigenvalue weighted by Gasteiger charge is 2.47. The number of halogens is 3. The van der Waals surface area contributed by atoms with Gasteiger partial charge in [0.05, 0.1) is 16.4 Å². The first-order valence-electron chi connectivity index (χ1n) is 13.8. The normalized spacial score (nSPS) is 13.8. The number of aryl methyl sites for hydroxylation is 2. The van der Waals surface area contributed by atoms with Gasteiger partial charge < -0.3 is 0 Å². The average molecular weight is 559 g/mol. The lowest BCUT2D eigenvalue weighted by Crippen LogP contribution is -2.34. The van der Waals surface area contributed by atoms with Crippen molar-refractivity contribution >= 4 is 44.1 Å². The van der Waals surface area contributed by atoms with Gasteiger partial charge in [-0.3, -0.25) is 0 Å². The quantitative estimate of drug-likeness (QED) is 0.154. The van der Waals surface area contributed by atoms with Crippen LogP contribution in [0, 0.1) is 17.8 Å². The fraction of sp³-hybridized carbons (Fsp3) is 0.343. The van der Waals surface area contributed by atoms with Gasteiger partial charge in [-0.05, 0) is 69.5 Å². The minimum atomic E-state index is -4.28. The molecule has 0 fully saturated rings. The topological polar surface area (TPSA) is 3.88 Å². The third kappa shape index (κ3) is 4.20. The van der Waals surface area contributed by atoms with E-state index in [1.54, 1.807) is 11.8 Å². The highest BCUT2D eigenvalue weighted by molar-refractivity contribution is 8.00. The van der Waals surface area contributed by atoms with Crippen molar-refractivity contribution in [1.82, 2.24) is 0 Å². The lowest BCUT2D eigenvalue weighted by molar-refractivity contribution is -0.659. The van der Waals surface area contributed by atoms with Gasteiger partial charge in [0.25, 0.3) is 0 Å². The molecule has 0 aliphatic carbocycles. The molecule has 1 nitrogen and oxygen atoms in total. The Bertz CT molecular complexity index is 1840. The van der Waals surface area contributed by atoms with Gasteiger partial charge in [0.15, 0.2) is 6.20 Å². The van der Waals surface area contributed by atoms with E-state index in [-0.39, 0.29) is 11.8 Å². The van der Waals surface area contributed by atoms with Gasteiger partial charge >= 0.3 is 6.18 Å². The largest absolute Gasteiger partial charge is 0.394 e. The Morgan fingerprint density at radius 2 is 1.45 bits per heavy atom. The van der Waals surface area contributed by atoms with Crippen molar-refractivity contribution < 1.29 is 17.7 Å². The van der Waals surface area contributed by atoms with Gasteiger partial charge in [-0.25, -0.2) is 4.57 Å². The number of alkyl halides is 3. The van der Waals surface area contributed by atoms with Crippen LogP contribution in [-0.4, -0.2) is 6.18 Å². The van der Waals surface area contributed by atoms with E-state index in [0.29, 0.717) is 0 Å². The molecule has 1 aromatic heterocycles. The standard InChI is InChI=1S/C35H35F3NS/c1-20-22-12-8-9-13-23(22)27(19-33(2,3)4)32-29(20)31-30-25(15-16-39(31)7)24-14-10-11-21(26(24)17-28(30)40-32)18-34(5,6)35(36,37)38/h8-17H,18-19H2,1-7H3/q+1. The second kappa shape index (κ2) is 8.97. The summed E-state index contributed by atoms with van der Waals surface area (Å²) in [7, 11) is 2.10. The Morgan fingerprint density at radius 3 is 2.12 bits per heavy atom. The molecule has 206 valence electrons. The summed E-state index contributed by atoms with van der Waals surface area (Å²) in [6.45, 7) is 11.7. The van der Waals surface area contributed by atoms with E-state index in [0.717, 1.165) is 33.0 Å². The van der Waals surface area contributed by atoms with Crippen molar-refractivity contribution in [2.75, 3.05) is 0 Å². The fourth-order valence-electron chi connectivity index (χ4n) is 6.32. The first kappa shape index (κ1) is 27.1. The first-order valence-corrected chi connectivity index (χ1v) is 14.7. The van der Waals surface area contributed by atoms with E-state index in [4.69, 9.17) is 0 Å². The summed E-state index contributed by atoms with van der Waals surface area (Å²) in [6.07, 6.45) is -1.32. The zero-order chi connectivity index (χ0) is 28.8. The van der Waals surface area contributed by atoms with Crippen LogP contribution in [0.1, 0.15) is 51.3 Å². The molecule has 0 saturated heterocycles. The summed E-state index contributed by atoms with van der Waals surface area (Å²) in [5, 5.41) is 6.76. The molecule has 6 rings (SSSR count). The molecule has 0 atom stereocenters. The predicted molar refractivity (Wildman–Crippen MR) is 161 cm³/mol. The molecular weight excluding hydrogens is 523 g/mol. The van der Waals surface area contributed by atoms with E-state index >= 15 is 0 Å². The summed E-state index contributed by atoms with van der Waals surface area (Å²) in [6, 6.07) is 18.8. The second-order valence-corrected chi connectivity index (χ2v) is 14.3. The molecule has 0 unspecified atom stereocenters. The van der Waals surface area contributed by atoms with Crippen molar-refractivity contribution in [1.29, 1.82) is 0 Å². The molecule has 0 saturated carbocycles. The molecule has 0 bridgehead atoms. The highest BCUT2D eigenvalue weighted by atomic mass is 32.2. The van der Waals surface area contributed by atoms with Crippen LogP contribution in [0.3, 0.4) is 0 Å². The molecule has 5 heteroatoms. The van der Waals surface area contributed by atoms with Gasteiger partial charge in [-0.2, -0.15) is 13.2 Å². The fourth-order valence-corrected chi connectivity index (χ4v) is 7.68. The SMILES string of the molecule is Cc1c2c(c(CC(C)(C)C)c3ccccc13)Sc1cc3c(CC(C)(C)C(F)(F)F)cccc3c3cc[n+](C)c-2c13. The van der Waals surface area contributed by atoms with Gasteiger partial charge in [0, 0.05) is 21.2 Å². The zero-order valence-corrected chi connectivity index (χ0v) is 25.0. The Hall–Kier alpha value is -3.05. The number of fused-ring (bicyclic) bond motifs is 5. The van der Waals surface area contributed by atoms with Crippen molar-refractivity contribution in [3.05, 3.63) is 77.5 Å². The lowest BCUT2D eigenvalue weighted by atomic mass is 9.82. The molecule has 5 aromatic rings. The van der Waals surface area contributed by atoms with E-state index in [2.05, 4.69) is 88.0 Å². The second-order valence-electron chi connectivity index (χ2n) is 13.2. The number of rotatable bonds is 3. The minimum absolute atomic E-state index is 0.0630. The summed E-state index contributed by atoms with van der Waals surface area (Å²) in [5.74, 6) is 0. The molecule has 0 radical (unpaired) electrons. The van der Waals surface area contributed by atoms with Crippen molar-refractivity contribution in [3.8, 4) is 11.3 Å². The maximum absolute atomic E-state index is 13.9. The third-order valence-corrected chi connectivity index (χ3v) is 9.62. The number of hydrogen-bond donors (Lipinski definition) is 0. The van der Waals surface area contributed by atoms with Gasteiger partial charge in [0.2, 0.25) is 5.69 Å². The van der Waals surface area contributed by atoms with Crippen LogP contribution in [0.2, 0.25) is 0 Å². The molecule has 40 heavy (non-hydrogen) atoms. The Kier molecular flexibility index (Phi) is 6.09. The predicted octanol–water partition coefficient (Wildman–Crippen LogP) is 10.1. The molecule has 0 amide bonds. The van der Waals surface area contributed by atoms with Gasteiger partial charge in [0.1, 0.15) is 7.05 Å². The van der Waals surface area contributed by atoms with Crippen LogP contribution in [0.4, 0.5) is 13.2 Å². The number of hydrogen-bond acceptors (Lipinski definition) is 1. The average Bonchev–Trinajstić information content (AvgIpc) is 2.86. The zero-order valence-electron chi connectivity index (χ0n) is 24.2. The van der Waals surface area contributed by atoms with Crippen molar-refractivity contribution in [2.24, 2.45) is 17.9 Å². The smallest absolute Gasteiger partial charge is 0.200 e. The van der Waals surface area contributed by atoms with Crippen LogP contribution in [0.5, 0.6) is 0 Å². The first-order chi connectivity index (χ1) is 18.7. The Balaban J connectivity index is 1.71. The lowest BCUT2D eigenvalue weighted by Gasteiger charge is -2.29. The Morgan fingerprint density at radius 1 is 0.775 bits per heavy atom.